The summed E-state index contributed by atoms with van der Waals surface area (Å²) in [6.45, 7) is 2.31. The van der Waals surface area contributed by atoms with Gasteiger partial charge in [0.05, 0.1) is 5.69 Å². The zero-order valence-corrected chi connectivity index (χ0v) is 13.1. The number of hydrogen-bond donors (Lipinski definition) is 2. The molecule has 0 aliphatic carbocycles. The van der Waals surface area contributed by atoms with Crippen LogP contribution in [0, 0.1) is 0 Å². The van der Waals surface area contributed by atoms with Gasteiger partial charge in [-0.1, -0.05) is 6.07 Å². The number of rotatable bonds is 8. The lowest BCUT2D eigenvalue weighted by Gasteiger charge is -2.13. The van der Waals surface area contributed by atoms with Crippen LogP contribution in [0.25, 0.3) is 0 Å². The molecule has 0 aromatic heterocycles. The molecule has 0 bridgehead atoms. The molecule has 0 heterocycles. The summed E-state index contributed by atoms with van der Waals surface area (Å²) in [4.78, 5) is 12.7. The maximum absolute atomic E-state index is 11.8. The average Bonchev–Trinajstić information content (AvgIpc) is 2.37. The molecule has 7 nitrogen and oxygen atoms in total. The Morgan fingerprint density at radius 1 is 1.43 bits per heavy atom. The van der Waals surface area contributed by atoms with Crippen LogP contribution in [-0.2, 0) is 14.8 Å². The second-order valence-corrected chi connectivity index (χ2v) is 6.81. The number of nitrogens with zero attached hydrogens (tertiary/aromatic N) is 1. The van der Waals surface area contributed by atoms with E-state index in [1.807, 2.05) is 19.0 Å². The molecule has 1 aromatic carbocycles. The van der Waals surface area contributed by atoms with E-state index in [9.17, 15) is 13.2 Å². The van der Waals surface area contributed by atoms with Crippen LogP contribution in [0.2, 0.25) is 0 Å². The SMILES string of the molecule is CC(C(=O)O)S(=O)(=O)Nc1cccc(OCCN(C)C)c1. The Kier molecular flexibility index (Phi) is 5.98. The van der Waals surface area contributed by atoms with E-state index < -0.39 is 21.2 Å². The van der Waals surface area contributed by atoms with Crippen LogP contribution >= 0.6 is 0 Å². The van der Waals surface area contributed by atoms with Gasteiger partial charge < -0.3 is 14.7 Å². The van der Waals surface area contributed by atoms with Crippen LogP contribution in [0.15, 0.2) is 24.3 Å². The van der Waals surface area contributed by atoms with E-state index in [0.717, 1.165) is 13.5 Å². The minimum atomic E-state index is -3.98. The number of carboxylic acids is 1. The number of likely N-dealkylation sites (N-methyl/N-ethyl adjacent to an activating group) is 1. The number of benzene rings is 1. The number of carboxylic acid groups (broad SMARTS) is 1. The van der Waals surface area contributed by atoms with E-state index in [0.29, 0.717) is 12.4 Å². The first kappa shape index (κ1) is 17.3. The number of nitrogens with one attached hydrogen (secondary N) is 1. The molecule has 0 saturated carbocycles. The normalized spacial score (nSPS) is 13.0. The van der Waals surface area contributed by atoms with Gasteiger partial charge in [-0.25, -0.2) is 8.42 Å². The Labute approximate surface area is 124 Å². The summed E-state index contributed by atoms with van der Waals surface area (Å²) in [7, 11) is -0.141. The molecule has 1 atom stereocenters. The van der Waals surface area contributed by atoms with E-state index in [4.69, 9.17) is 9.84 Å². The number of ether oxygens (including phenoxy) is 1. The van der Waals surface area contributed by atoms with Gasteiger partial charge in [0.15, 0.2) is 5.25 Å². The maximum atomic E-state index is 11.8. The molecule has 0 aliphatic heterocycles. The quantitative estimate of drug-likeness (QED) is 0.738. The maximum Gasteiger partial charge on any atom is 0.323 e. The first-order valence-electron chi connectivity index (χ1n) is 6.34. The van der Waals surface area contributed by atoms with E-state index in [1.165, 1.54) is 12.1 Å². The second kappa shape index (κ2) is 7.28. The second-order valence-electron chi connectivity index (χ2n) is 4.81. The third kappa shape index (κ3) is 5.60. The van der Waals surface area contributed by atoms with Crippen molar-refractivity contribution in [2.24, 2.45) is 0 Å². The molecule has 21 heavy (non-hydrogen) atoms. The first-order valence-corrected chi connectivity index (χ1v) is 7.89. The predicted molar refractivity (Wildman–Crippen MR) is 80.1 cm³/mol. The molecule has 0 radical (unpaired) electrons. The van der Waals surface area contributed by atoms with Crippen LogP contribution in [0.1, 0.15) is 6.92 Å². The van der Waals surface area contributed by atoms with Crippen molar-refractivity contribution in [1.82, 2.24) is 4.90 Å². The highest BCUT2D eigenvalue weighted by Gasteiger charge is 2.27. The monoisotopic (exact) mass is 316 g/mol. The zero-order chi connectivity index (χ0) is 16.0. The summed E-state index contributed by atoms with van der Waals surface area (Å²) in [6.07, 6.45) is 0. The van der Waals surface area contributed by atoms with E-state index in [1.54, 1.807) is 12.1 Å². The molecule has 2 N–H and O–H groups in total. The first-order chi connectivity index (χ1) is 9.72. The van der Waals surface area contributed by atoms with Gasteiger partial charge in [0.25, 0.3) is 0 Å². The highest BCUT2D eigenvalue weighted by atomic mass is 32.2. The van der Waals surface area contributed by atoms with Crippen molar-refractivity contribution < 1.29 is 23.1 Å². The topological polar surface area (TPSA) is 95.9 Å². The Hall–Kier alpha value is -1.80. The van der Waals surface area contributed by atoms with Gasteiger partial charge in [0, 0.05) is 12.6 Å². The summed E-state index contributed by atoms with van der Waals surface area (Å²) in [5.74, 6) is -0.888. The molecule has 0 amide bonds. The fourth-order valence-electron chi connectivity index (χ4n) is 1.38. The minimum Gasteiger partial charge on any atom is -0.492 e. The third-order valence-electron chi connectivity index (χ3n) is 2.71. The lowest BCUT2D eigenvalue weighted by Crippen LogP contribution is -2.32. The summed E-state index contributed by atoms with van der Waals surface area (Å²) < 4.78 is 31.4. The minimum absolute atomic E-state index is 0.269. The molecular formula is C13H20N2O5S. The van der Waals surface area contributed by atoms with Gasteiger partial charge in [0.1, 0.15) is 12.4 Å². The van der Waals surface area contributed by atoms with Crippen molar-refractivity contribution in [3.63, 3.8) is 0 Å². The lowest BCUT2D eigenvalue weighted by molar-refractivity contribution is -0.136. The predicted octanol–water partition coefficient (Wildman–Crippen LogP) is 0.842. The Bertz CT molecular complexity index is 586. The van der Waals surface area contributed by atoms with Gasteiger partial charge in [-0.3, -0.25) is 9.52 Å². The van der Waals surface area contributed by atoms with Gasteiger partial charge in [-0.2, -0.15) is 0 Å². The fourth-order valence-corrected chi connectivity index (χ4v) is 2.28. The summed E-state index contributed by atoms with van der Waals surface area (Å²) in [5.41, 5.74) is 0.269. The molecular weight excluding hydrogens is 296 g/mol. The number of anilines is 1. The largest absolute Gasteiger partial charge is 0.492 e. The van der Waals surface area contributed by atoms with Crippen molar-refractivity contribution in [3.8, 4) is 5.75 Å². The number of hydrogen-bond acceptors (Lipinski definition) is 5. The number of carbonyl (C=O) groups is 1. The molecule has 0 spiro atoms. The van der Waals surface area contributed by atoms with Crippen LogP contribution < -0.4 is 9.46 Å². The smallest absolute Gasteiger partial charge is 0.323 e. The highest BCUT2D eigenvalue weighted by Crippen LogP contribution is 2.19. The summed E-state index contributed by atoms with van der Waals surface area (Å²) >= 11 is 0. The molecule has 0 saturated heterocycles. The Balaban J connectivity index is 2.74. The number of sulfonamides is 1. The van der Waals surface area contributed by atoms with E-state index in [2.05, 4.69) is 4.72 Å². The van der Waals surface area contributed by atoms with Crippen LogP contribution in [0.5, 0.6) is 5.75 Å². The van der Waals surface area contributed by atoms with Gasteiger partial charge in [-0.05, 0) is 33.2 Å². The molecule has 0 fully saturated rings. The third-order valence-corrected chi connectivity index (χ3v) is 4.37. The van der Waals surface area contributed by atoms with E-state index in [-0.39, 0.29) is 5.69 Å². The Morgan fingerprint density at radius 2 is 2.10 bits per heavy atom. The van der Waals surface area contributed by atoms with Crippen molar-refractivity contribution in [2.45, 2.75) is 12.2 Å². The van der Waals surface area contributed by atoms with Crippen LogP contribution in [-0.4, -0.2) is 56.9 Å². The molecule has 1 rings (SSSR count). The van der Waals surface area contributed by atoms with Crippen molar-refractivity contribution in [2.75, 3.05) is 32.0 Å². The molecule has 118 valence electrons. The Morgan fingerprint density at radius 3 is 2.67 bits per heavy atom. The van der Waals surface area contributed by atoms with Crippen molar-refractivity contribution in [1.29, 1.82) is 0 Å². The van der Waals surface area contributed by atoms with Gasteiger partial charge in [0.2, 0.25) is 10.0 Å². The fraction of sp³-hybridized carbons (Fsp3) is 0.462. The van der Waals surface area contributed by atoms with Crippen LogP contribution in [0.3, 0.4) is 0 Å². The average molecular weight is 316 g/mol. The highest BCUT2D eigenvalue weighted by molar-refractivity contribution is 7.94. The van der Waals surface area contributed by atoms with Gasteiger partial charge >= 0.3 is 5.97 Å². The molecule has 0 aliphatic rings. The molecule has 8 heteroatoms. The van der Waals surface area contributed by atoms with Gasteiger partial charge in [-0.15, -0.1) is 0 Å². The zero-order valence-electron chi connectivity index (χ0n) is 12.2. The van der Waals surface area contributed by atoms with Crippen LogP contribution in [0.4, 0.5) is 5.69 Å². The van der Waals surface area contributed by atoms with E-state index >= 15 is 0 Å². The van der Waals surface area contributed by atoms with Crippen molar-refractivity contribution in [3.05, 3.63) is 24.3 Å². The van der Waals surface area contributed by atoms with Crippen molar-refractivity contribution >= 4 is 21.7 Å². The summed E-state index contributed by atoms with van der Waals surface area (Å²) in [6, 6.07) is 6.38. The standard InChI is InChI=1S/C13H20N2O5S/c1-10(13(16)17)21(18,19)14-11-5-4-6-12(9-11)20-8-7-15(2)3/h4-6,9-10,14H,7-8H2,1-3H3,(H,16,17). The summed E-state index contributed by atoms with van der Waals surface area (Å²) in [5, 5.41) is 7.24. The number of aliphatic carboxylic acids is 1. The molecule has 1 unspecified atom stereocenters. The lowest BCUT2D eigenvalue weighted by atomic mass is 10.3. The molecule has 1 aromatic rings.